The van der Waals surface area contributed by atoms with Gasteiger partial charge in [0.15, 0.2) is 0 Å². The second-order valence-corrected chi connectivity index (χ2v) is 6.93. The monoisotopic (exact) mass is 347 g/mol. The van der Waals surface area contributed by atoms with Crippen molar-refractivity contribution in [2.75, 3.05) is 29.7 Å². The lowest BCUT2D eigenvalue weighted by molar-refractivity contribution is -0.113. The van der Waals surface area contributed by atoms with E-state index in [1.54, 1.807) is 23.5 Å². The summed E-state index contributed by atoms with van der Waals surface area (Å²) in [6.45, 7) is 2.63. The molecule has 3 nitrogen and oxygen atoms in total. The minimum Gasteiger partial charge on any atom is -0.492 e. The number of hydrogen-bond donors (Lipinski definition) is 1. The highest BCUT2D eigenvalue weighted by atomic mass is 32.2. The van der Waals surface area contributed by atoms with Crippen LogP contribution >= 0.6 is 23.5 Å². The van der Waals surface area contributed by atoms with Crippen LogP contribution in [0.15, 0.2) is 53.4 Å². The molecular weight excluding hydrogens is 326 g/mol. The predicted molar refractivity (Wildman–Crippen MR) is 101 cm³/mol. The Morgan fingerprint density at radius 1 is 1.17 bits per heavy atom. The number of aryl methyl sites for hydroxylation is 1. The summed E-state index contributed by atoms with van der Waals surface area (Å²) < 4.78 is 5.71. The van der Waals surface area contributed by atoms with Gasteiger partial charge in [0.1, 0.15) is 5.75 Å². The quantitative estimate of drug-likeness (QED) is 0.565. The third-order valence-corrected chi connectivity index (χ3v) is 4.81. The van der Waals surface area contributed by atoms with E-state index in [1.807, 2.05) is 61.7 Å². The highest BCUT2D eigenvalue weighted by Gasteiger charge is 2.04. The van der Waals surface area contributed by atoms with Crippen molar-refractivity contribution in [3.63, 3.8) is 0 Å². The van der Waals surface area contributed by atoms with Crippen molar-refractivity contribution in [2.45, 2.75) is 11.8 Å². The fraction of sp³-hybridized carbons (Fsp3) is 0.278. The first-order chi connectivity index (χ1) is 11.2. The molecule has 0 atom stereocenters. The molecule has 23 heavy (non-hydrogen) atoms. The van der Waals surface area contributed by atoms with Gasteiger partial charge in [0, 0.05) is 16.3 Å². The van der Waals surface area contributed by atoms with Crippen molar-refractivity contribution >= 4 is 35.1 Å². The summed E-state index contributed by atoms with van der Waals surface area (Å²) in [7, 11) is 0. The third kappa shape index (κ3) is 6.20. The average Bonchev–Trinajstić information content (AvgIpc) is 2.56. The Kier molecular flexibility index (Phi) is 7.36. The standard InChI is InChI=1S/C18H21NO2S2/c1-14-6-3-4-9-17(14)21-10-11-23-13-18(20)19-15-7-5-8-16(12-15)22-2/h3-9,12H,10-11,13H2,1-2H3,(H,19,20). The molecule has 0 spiro atoms. The van der Waals surface area contributed by atoms with Gasteiger partial charge in [-0.25, -0.2) is 0 Å². The SMILES string of the molecule is CSc1cccc(NC(=O)CSCCOc2ccccc2C)c1. The van der Waals surface area contributed by atoms with Crippen LogP contribution in [0.3, 0.4) is 0 Å². The minimum absolute atomic E-state index is 0.0177. The molecule has 0 heterocycles. The van der Waals surface area contributed by atoms with E-state index < -0.39 is 0 Å². The normalized spacial score (nSPS) is 10.3. The summed E-state index contributed by atoms with van der Waals surface area (Å²) in [5.74, 6) is 2.14. The molecule has 1 amide bonds. The van der Waals surface area contributed by atoms with E-state index in [0.29, 0.717) is 12.4 Å². The summed E-state index contributed by atoms with van der Waals surface area (Å²) in [5.41, 5.74) is 1.97. The molecule has 0 aliphatic carbocycles. The van der Waals surface area contributed by atoms with Gasteiger partial charge in [0.2, 0.25) is 5.91 Å². The molecular formula is C18H21NO2S2. The number of anilines is 1. The molecule has 0 saturated carbocycles. The molecule has 0 aliphatic rings. The van der Waals surface area contributed by atoms with E-state index >= 15 is 0 Å². The van der Waals surface area contributed by atoms with Crippen LogP contribution in [0.5, 0.6) is 5.75 Å². The molecule has 0 unspecified atom stereocenters. The lowest BCUT2D eigenvalue weighted by Gasteiger charge is -2.09. The van der Waals surface area contributed by atoms with E-state index in [4.69, 9.17) is 4.74 Å². The largest absolute Gasteiger partial charge is 0.492 e. The number of rotatable bonds is 8. The van der Waals surface area contributed by atoms with Crippen molar-refractivity contribution < 1.29 is 9.53 Å². The highest BCUT2D eigenvalue weighted by Crippen LogP contribution is 2.19. The van der Waals surface area contributed by atoms with Gasteiger partial charge in [-0.2, -0.15) is 0 Å². The molecule has 0 saturated heterocycles. The van der Waals surface area contributed by atoms with Gasteiger partial charge in [-0.15, -0.1) is 23.5 Å². The van der Waals surface area contributed by atoms with Crippen LogP contribution in [0.1, 0.15) is 5.56 Å². The molecule has 0 aromatic heterocycles. The van der Waals surface area contributed by atoms with Crippen LogP contribution in [-0.2, 0) is 4.79 Å². The van der Waals surface area contributed by atoms with Gasteiger partial charge in [0.25, 0.3) is 0 Å². The van der Waals surface area contributed by atoms with Gasteiger partial charge in [-0.05, 0) is 43.0 Å². The first kappa shape index (κ1) is 17.8. The maximum absolute atomic E-state index is 11.9. The van der Waals surface area contributed by atoms with Crippen molar-refractivity contribution in [3.8, 4) is 5.75 Å². The van der Waals surface area contributed by atoms with E-state index in [2.05, 4.69) is 5.32 Å². The van der Waals surface area contributed by atoms with E-state index in [-0.39, 0.29) is 5.91 Å². The topological polar surface area (TPSA) is 38.3 Å². The summed E-state index contributed by atoms with van der Waals surface area (Å²) in [5, 5.41) is 2.92. The van der Waals surface area contributed by atoms with Crippen LogP contribution in [0.4, 0.5) is 5.69 Å². The Morgan fingerprint density at radius 2 is 2.00 bits per heavy atom. The number of para-hydroxylation sites is 1. The van der Waals surface area contributed by atoms with Crippen LogP contribution in [0.25, 0.3) is 0 Å². The lowest BCUT2D eigenvalue weighted by atomic mass is 10.2. The number of carbonyl (C=O) groups excluding carboxylic acids is 1. The van der Waals surface area contributed by atoms with Crippen LogP contribution < -0.4 is 10.1 Å². The van der Waals surface area contributed by atoms with Gasteiger partial charge in [-0.1, -0.05) is 24.3 Å². The lowest BCUT2D eigenvalue weighted by Crippen LogP contribution is -2.15. The van der Waals surface area contributed by atoms with Crippen LogP contribution in [-0.4, -0.2) is 30.3 Å². The molecule has 2 rings (SSSR count). The molecule has 1 N–H and O–H groups in total. The second kappa shape index (κ2) is 9.53. The van der Waals surface area contributed by atoms with Crippen molar-refractivity contribution in [1.29, 1.82) is 0 Å². The molecule has 122 valence electrons. The third-order valence-electron chi connectivity index (χ3n) is 3.17. The maximum atomic E-state index is 11.9. The summed E-state index contributed by atoms with van der Waals surface area (Å²) >= 11 is 3.23. The summed E-state index contributed by atoms with van der Waals surface area (Å²) in [4.78, 5) is 13.1. The fourth-order valence-corrected chi connectivity index (χ4v) is 3.05. The molecule has 2 aromatic rings. The molecule has 0 bridgehead atoms. The number of amides is 1. The van der Waals surface area contributed by atoms with E-state index in [9.17, 15) is 4.79 Å². The van der Waals surface area contributed by atoms with Crippen LogP contribution in [0, 0.1) is 6.92 Å². The average molecular weight is 348 g/mol. The number of nitrogens with one attached hydrogen (secondary N) is 1. The molecule has 0 radical (unpaired) electrons. The Labute approximate surface area is 146 Å². The zero-order chi connectivity index (χ0) is 16.5. The number of carbonyl (C=O) groups is 1. The fourth-order valence-electron chi connectivity index (χ4n) is 1.99. The van der Waals surface area contributed by atoms with E-state index in [1.165, 1.54) is 0 Å². The van der Waals surface area contributed by atoms with Crippen molar-refractivity contribution in [3.05, 3.63) is 54.1 Å². The highest BCUT2D eigenvalue weighted by molar-refractivity contribution is 8.00. The maximum Gasteiger partial charge on any atom is 0.234 e. The minimum atomic E-state index is 0.0177. The van der Waals surface area contributed by atoms with Gasteiger partial charge < -0.3 is 10.1 Å². The second-order valence-electron chi connectivity index (χ2n) is 4.95. The van der Waals surface area contributed by atoms with Gasteiger partial charge in [-0.3, -0.25) is 4.79 Å². The summed E-state index contributed by atoms with van der Waals surface area (Å²) in [6.07, 6.45) is 2.02. The zero-order valence-corrected chi connectivity index (χ0v) is 15.0. The predicted octanol–water partition coefficient (Wildman–Crippen LogP) is 4.47. The van der Waals surface area contributed by atoms with Crippen molar-refractivity contribution in [2.24, 2.45) is 0 Å². The zero-order valence-electron chi connectivity index (χ0n) is 13.4. The Bertz CT molecular complexity index is 646. The Morgan fingerprint density at radius 3 is 2.78 bits per heavy atom. The number of thioether (sulfide) groups is 2. The van der Waals surface area contributed by atoms with E-state index in [0.717, 1.165) is 27.6 Å². The number of ether oxygens (including phenoxy) is 1. The molecule has 0 aliphatic heterocycles. The van der Waals surface area contributed by atoms with Gasteiger partial charge >= 0.3 is 0 Å². The van der Waals surface area contributed by atoms with Crippen molar-refractivity contribution in [1.82, 2.24) is 0 Å². The number of benzene rings is 2. The molecule has 0 fully saturated rings. The Balaban J connectivity index is 1.66. The van der Waals surface area contributed by atoms with Crippen LogP contribution in [0.2, 0.25) is 0 Å². The van der Waals surface area contributed by atoms with Gasteiger partial charge in [0.05, 0.1) is 12.4 Å². The number of hydrogen-bond acceptors (Lipinski definition) is 4. The Hall–Kier alpha value is -1.59. The first-order valence-corrected chi connectivity index (χ1v) is 9.77. The molecule has 5 heteroatoms. The summed E-state index contributed by atoms with van der Waals surface area (Å²) in [6, 6.07) is 15.8. The molecule has 2 aromatic carbocycles. The first-order valence-electron chi connectivity index (χ1n) is 7.39. The smallest absolute Gasteiger partial charge is 0.234 e.